The quantitative estimate of drug-likeness (QED) is 0.311. The first-order chi connectivity index (χ1) is 13.5. The molecule has 3 aromatic rings. The molecule has 5 nitrogen and oxygen atoms in total. The number of phenolic OH excluding ortho intramolecular Hbond substituents is 2. The SMILES string of the molecule is O=S(=O)(O)C(c1ccccc1O)(c1ccc(Cl)cc1Cl)c1ccc(Cl)c(Cl)c1O. The normalized spacial score (nSPS) is 13.8. The third-order valence-electron chi connectivity index (χ3n) is 4.43. The van der Waals surface area contributed by atoms with E-state index in [0.29, 0.717) is 0 Å². The van der Waals surface area contributed by atoms with Gasteiger partial charge in [-0.15, -0.1) is 0 Å². The van der Waals surface area contributed by atoms with E-state index in [1.807, 2.05) is 0 Å². The van der Waals surface area contributed by atoms with Crippen molar-refractivity contribution in [1.29, 1.82) is 0 Å². The van der Waals surface area contributed by atoms with Crippen LogP contribution in [0.1, 0.15) is 16.7 Å². The van der Waals surface area contributed by atoms with Gasteiger partial charge in [0.05, 0.1) is 5.02 Å². The Labute approximate surface area is 186 Å². The molecule has 0 saturated carbocycles. The van der Waals surface area contributed by atoms with Crippen molar-refractivity contribution in [3.63, 3.8) is 0 Å². The van der Waals surface area contributed by atoms with Gasteiger partial charge in [0.15, 0.2) is 4.75 Å². The van der Waals surface area contributed by atoms with Crippen molar-refractivity contribution in [3.05, 3.63) is 91.4 Å². The molecule has 0 fully saturated rings. The van der Waals surface area contributed by atoms with Gasteiger partial charge in [0, 0.05) is 26.7 Å². The number of phenols is 2. The molecule has 0 radical (unpaired) electrons. The van der Waals surface area contributed by atoms with Gasteiger partial charge in [-0.1, -0.05) is 76.7 Å². The molecule has 152 valence electrons. The lowest BCUT2D eigenvalue weighted by Gasteiger charge is -2.34. The summed E-state index contributed by atoms with van der Waals surface area (Å²) < 4.78 is 33.8. The summed E-state index contributed by atoms with van der Waals surface area (Å²) in [5, 5.41) is 20.9. The number of para-hydroxylation sites is 1. The molecule has 0 aliphatic heterocycles. The molecule has 0 saturated heterocycles. The Hall–Kier alpha value is -1.67. The third-order valence-corrected chi connectivity index (χ3v) is 7.20. The molecule has 0 aliphatic carbocycles. The maximum atomic E-state index is 13.0. The number of aromatic hydroxyl groups is 2. The van der Waals surface area contributed by atoms with Crippen molar-refractivity contribution >= 4 is 56.5 Å². The van der Waals surface area contributed by atoms with Gasteiger partial charge in [-0.3, -0.25) is 4.55 Å². The van der Waals surface area contributed by atoms with Crippen LogP contribution in [0.5, 0.6) is 11.5 Å². The molecule has 0 aliphatic rings. The lowest BCUT2D eigenvalue weighted by atomic mass is 9.83. The van der Waals surface area contributed by atoms with Crippen LogP contribution in [0.4, 0.5) is 0 Å². The van der Waals surface area contributed by atoms with Gasteiger partial charge in [-0.05, 0) is 24.3 Å². The summed E-state index contributed by atoms with van der Waals surface area (Å²) >= 11 is 24.2. The van der Waals surface area contributed by atoms with Crippen LogP contribution in [0.15, 0.2) is 54.6 Å². The van der Waals surface area contributed by atoms with Crippen LogP contribution in [-0.2, 0) is 14.9 Å². The Bertz CT molecular complexity index is 1210. The van der Waals surface area contributed by atoms with E-state index in [1.165, 1.54) is 54.6 Å². The van der Waals surface area contributed by atoms with Gasteiger partial charge < -0.3 is 10.2 Å². The van der Waals surface area contributed by atoms with Crippen LogP contribution in [0.2, 0.25) is 20.1 Å². The zero-order valence-corrected chi connectivity index (χ0v) is 18.1. The Morgan fingerprint density at radius 1 is 0.759 bits per heavy atom. The van der Waals surface area contributed by atoms with Gasteiger partial charge in [-0.25, -0.2) is 0 Å². The highest BCUT2D eigenvalue weighted by molar-refractivity contribution is 7.87. The topological polar surface area (TPSA) is 94.8 Å². The fourth-order valence-electron chi connectivity index (χ4n) is 3.22. The molecule has 1 atom stereocenters. The predicted molar refractivity (Wildman–Crippen MR) is 114 cm³/mol. The Morgan fingerprint density at radius 3 is 1.97 bits per heavy atom. The molecule has 1 unspecified atom stereocenters. The van der Waals surface area contributed by atoms with Gasteiger partial charge in [-0.2, -0.15) is 8.42 Å². The van der Waals surface area contributed by atoms with Crippen LogP contribution in [0.3, 0.4) is 0 Å². The van der Waals surface area contributed by atoms with E-state index in [2.05, 4.69) is 0 Å². The summed E-state index contributed by atoms with van der Waals surface area (Å²) in [6.45, 7) is 0. The first-order valence-corrected chi connectivity index (χ1v) is 10.9. The maximum absolute atomic E-state index is 13.0. The van der Waals surface area contributed by atoms with Crippen molar-refractivity contribution in [1.82, 2.24) is 0 Å². The van der Waals surface area contributed by atoms with E-state index in [0.717, 1.165) is 0 Å². The summed E-state index contributed by atoms with van der Waals surface area (Å²) in [5.74, 6) is -1.17. The number of halogens is 4. The summed E-state index contributed by atoms with van der Waals surface area (Å²) in [5.41, 5.74) is -0.790. The fraction of sp³-hybridized carbons (Fsp3) is 0.0526. The number of hydrogen-bond donors (Lipinski definition) is 3. The van der Waals surface area contributed by atoms with Gasteiger partial charge in [0.1, 0.15) is 16.5 Å². The zero-order chi connectivity index (χ0) is 21.6. The van der Waals surface area contributed by atoms with Gasteiger partial charge in [0.25, 0.3) is 10.1 Å². The summed E-state index contributed by atoms with van der Waals surface area (Å²) in [6.07, 6.45) is 0. The molecule has 10 heteroatoms. The predicted octanol–water partition coefficient (Wildman–Crippen LogP) is 5.89. The minimum absolute atomic E-state index is 0.0448. The highest BCUT2D eigenvalue weighted by Gasteiger charge is 2.53. The average Bonchev–Trinajstić information content (AvgIpc) is 2.63. The first kappa shape index (κ1) is 22.0. The molecule has 0 spiro atoms. The van der Waals surface area contributed by atoms with Crippen LogP contribution < -0.4 is 0 Å². The highest BCUT2D eigenvalue weighted by Crippen LogP contribution is 2.53. The van der Waals surface area contributed by atoms with Crippen LogP contribution >= 0.6 is 46.4 Å². The average molecular weight is 494 g/mol. The van der Waals surface area contributed by atoms with Crippen LogP contribution in [0, 0.1) is 0 Å². The molecule has 3 aromatic carbocycles. The largest absolute Gasteiger partial charge is 0.508 e. The Balaban J connectivity index is 2.63. The summed E-state index contributed by atoms with van der Waals surface area (Å²) in [7, 11) is -5.14. The highest BCUT2D eigenvalue weighted by atomic mass is 35.5. The van der Waals surface area contributed by atoms with Crippen LogP contribution in [-0.4, -0.2) is 23.2 Å². The van der Waals surface area contributed by atoms with Crippen molar-refractivity contribution in [3.8, 4) is 11.5 Å². The van der Waals surface area contributed by atoms with E-state index < -0.39 is 26.4 Å². The molecule has 0 bridgehead atoms. The minimum Gasteiger partial charge on any atom is -0.508 e. The van der Waals surface area contributed by atoms with E-state index in [-0.39, 0.29) is 36.8 Å². The maximum Gasteiger partial charge on any atom is 0.283 e. The Kier molecular flexibility index (Phi) is 5.98. The molecular formula is C19H12Cl4O5S. The minimum atomic E-state index is -5.14. The zero-order valence-electron chi connectivity index (χ0n) is 14.3. The molecule has 0 heterocycles. The van der Waals surface area contributed by atoms with Crippen molar-refractivity contribution in [2.75, 3.05) is 0 Å². The van der Waals surface area contributed by atoms with Crippen molar-refractivity contribution in [2.45, 2.75) is 4.75 Å². The summed E-state index contributed by atoms with van der Waals surface area (Å²) in [6, 6.07) is 11.7. The van der Waals surface area contributed by atoms with E-state index in [1.54, 1.807) is 0 Å². The lowest BCUT2D eigenvalue weighted by Crippen LogP contribution is -2.38. The molecule has 3 rings (SSSR count). The molecule has 0 amide bonds. The molecule has 29 heavy (non-hydrogen) atoms. The number of hydrogen-bond acceptors (Lipinski definition) is 4. The third kappa shape index (κ3) is 3.54. The second-order valence-corrected chi connectivity index (χ2v) is 9.25. The fourth-order valence-corrected chi connectivity index (χ4v) is 5.50. The monoisotopic (exact) mass is 492 g/mol. The van der Waals surface area contributed by atoms with Crippen molar-refractivity contribution < 1.29 is 23.2 Å². The molecule has 3 N–H and O–H groups in total. The Morgan fingerprint density at radius 2 is 1.38 bits per heavy atom. The van der Waals surface area contributed by atoms with Crippen molar-refractivity contribution in [2.24, 2.45) is 0 Å². The van der Waals surface area contributed by atoms with E-state index in [9.17, 15) is 23.2 Å². The smallest absolute Gasteiger partial charge is 0.283 e. The number of benzene rings is 3. The van der Waals surface area contributed by atoms with Crippen LogP contribution in [0.25, 0.3) is 0 Å². The van der Waals surface area contributed by atoms with Gasteiger partial charge in [0.2, 0.25) is 0 Å². The molecule has 0 aromatic heterocycles. The van der Waals surface area contributed by atoms with E-state index in [4.69, 9.17) is 46.4 Å². The standard InChI is InChI=1S/C19H12Cl4O5S/c20-10-5-6-11(15(22)9-10)19(29(26,27)28,12-3-1-2-4-16(12)24)13-7-8-14(21)17(23)18(13)25/h1-9,24-25H,(H,26,27,28). The number of rotatable bonds is 4. The second-order valence-electron chi connectivity index (χ2n) is 6.06. The lowest BCUT2D eigenvalue weighted by molar-refractivity contribution is 0.428. The van der Waals surface area contributed by atoms with E-state index >= 15 is 0 Å². The first-order valence-electron chi connectivity index (χ1n) is 7.90. The molecular weight excluding hydrogens is 482 g/mol. The second kappa shape index (κ2) is 7.87. The summed E-state index contributed by atoms with van der Waals surface area (Å²) in [4.78, 5) is 0. The van der Waals surface area contributed by atoms with Gasteiger partial charge >= 0.3 is 0 Å².